The van der Waals surface area contributed by atoms with Gasteiger partial charge < -0.3 is 4.57 Å². The van der Waals surface area contributed by atoms with E-state index in [4.69, 9.17) is 69.6 Å². The topological polar surface area (TPSA) is 17.1 Å². The Labute approximate surface area is 181 Å². The van der Waals surface area contributed by atoms with E-state index in [9.17, 15) is 4.57 Å². The fourth-order valence-corrected chi connectivity index (χ4v) is 7.46. The van der Waals surface area contributed by atoms with Gasteiger partial charge in [0.15, 0.2) is 7.14 Å². The first-order chi connectivity index (χ1) is 12.2. The monoisotopic (exact) mass is 482 g/mol. The van der Waals surface area contributed by atoms with Gasteiger partial charge >= 0.3 is 0 Å². The van der Waals surface area contributed by atoms with Gasteiger partial charge in [-0.2, -0.15) is 0 Å². The van der Waals surface area contributed by atoms with Crippen LogP contribution in [-0.2, 0) is 4.57 Å². The molecule has 0 N–H and O–H groups in total. The van der Waals surface area contributed by atoms with E-state index in [2.05, 4.69) is 0 Å². The lowest BCUT2D eigenvalue weighted by atomic mass is 10.3. The standard InChI is InChI=1S/C18H9Cl6OP/c19-10-1-11(20)5-16(4-10)26(25,17-6-12(21)2-13(22)7-17)18-8-14(23)3-15(24)9-18/h1-9H. The Bertz CT molecular complexity index is 857. The minimum Gasteiger partial charge on any atom is -0.309 e. The highest BCUT2D eigenvalue weighted by atomic mass is 35.5. The number of benzene rings is 3. The van der Waals surface area contributed by atoms with E-state index in [0.29, 0.717) is 46.0 Å². The van der Waals surface area contributed by atoms with Crippen LogP contribution in [-0.4, -0.2) is 0 Å². The number of rotatable bonds is 3. The highest BCUT2D eigenvalue weighted by molar-refractivity contribution is 7.85. The third-order valence-corrected chi connectivity index (χ3v) is 7.90. The van der Waals surface area contributed by atoms with E-state index >= 15 is 0 Å². The van der Waals surface area contributed by atoms with Crippen LogP contribution in [0.25, 0.3) is 0 Å². The molecule has 0 radical (unpaired) electrons. The molecule has 0 saturated heterocycles. The number of halogens is 6. The molecule has 0 aromatic heterocycles. The van der Waals surface area contributed by atoms with Crippen LogP contribution in [0.15, 0.2) is 54.6 Å². The van der Waals surface area contributed by atoms with E-state index in [0.717, 1.165) is 0 Å². The molecular weight excluding hydrogens is 476 g/mol. The van der Waals surface area contributed by atoms with Gasteiger partial charge in [-0.05, 0) is 54.6 Å². The summed E-state index contributed by atoms with van der Waals surface area (Å²) in [5.41, 5.74) is 0. The van der Waals surface area contributed by atoms with Crippen molar-refractivity contribution in [2.45, 2.75) is 0 Å². The van der Waals surface area contributed by atoms with Crippen LogP contribution in [0.2, 0.25) is 30.1 Å². The molecule has 0 amide bonds. The molecule has 0 aliphatic carbocycles. The van der Waals surface area contributed by atoms with Gasteiger partial charge in [0.2, 0.25) is 0 Å². The van der Waals surface area contributed by atoms with Gasteiger partial charge in [0.1, 0.15) is 0 Å². The van der Waals surface area contributed by atoms with Gasteiger partial charge in [-0.15, -0.1) is 0 Å². The lowest BCUT2D eigenvalue weighted by Crippen LogP contribution is -2.25. The van der Waals surface area contributed by atoms with Gasteiger partial charge in [-0.1, -0.05) is 69.6 Å². The average Bonchev–Trinajstić information content (AvgIpc) is 2.51. The normalized spacial score (nSPS) is 11.6. The summed E-state index contributed by atoms with van der Waals surface area (Å²) in [5, 5.41) is 3.40. The third-order valence-electron chi connectivity index (χ3n) is 3.63. The Balaban J connectivity index is 2.40. The van der Waals surface area contributed by atoms with Crippen LogP contribution in [0.1, 0.15) is 0 Å². The van der Waals surface area contributed by atoms with Gasteiger partial charge in [0.25, 0.3) is 0 Å². The van der Waals surface area contributed by atoms with Crippen molar-refractivity contribution in [2.24, 2.45) is 0 Å². The Morgan fingerprint density at radius 3 is 0.808 bits per heavy atom. The van der Waals surface area contributed by atoms with E-state index in [-0.39, 0.29) is 0 Å². The minimum atomic E-state index is -3.44. The molecule has 0 saturated carbocycles. The first-order valence-electron chi connectivity index (χ1n) is 7.18. The van der Waals surface area contributed by atoms with Crippen LogP contribution in [0, 0.1) is 0 Å². The molecule has 26 heavy (non-hydrogen) atoms. The lowest BCUT2D eigenvalue weighted by Gasteiger charge is -2.21. The maximum atomic E-state index is 14.4. The summed E-state index contributed by atoms with van der Waals surface area (Å²) in [4.78, 5) is 0. The molecule has 3 rings (SSSR count). The Morgan fingerprint density at radius 1 is 0.423 bits per heavy atom. The summed E-state index contributed by atoms with van der Waals surface area (Å²) in [6.07, 6.45) is 0. The lowest BCUT2D eigenvalue weighted by molar-refractivity contribution is 0.592. The van der Waals surface area contributed by atoms with Crippen LogP contribution >= 0.6 is 76.7 Å². The molecule has 1 nitrogen and oxygen atoms in total. The van der Waals surface area contributed by atoms with Gasteiger partial charge in [-0.25, -0.2) is 0 Å². The van der Waals surface area contributed by atoms with Crippen LogP contribution in [0.5, 0.6) is 0 Å². The van der Waals surface area contributed by atoms with Crippen molar-refractivity contribution in [3.05, 3.63) is 84.7 Å². The summed E-state index contributed by atoms with van der Waals surface area (Å²) in [7, 11) is -3.44. The van der Waals surface area contributed by atoms with E-state index in [1.165, 1.54) is 0 Å². The Hall–Kier alpha value is -0.370. The van der Waals surface area contributed by atoms with Crippen LogP contribution < -0.4 is 15.9 Å². The number of hydrogen-bond donors (Lipinski definition) is 0. The van der Waals surface area contributed by atoms with Crippen molar-refractivity contribution in [3.63, 3.8) is 0 Å². The zero-order valence-corrected chi connectivity index (χ0v) is 18.2. The molecule has 0 spiro atoms. The zero-order valence-electron chi connectivity index (χ0n) is 12.8. The molecule has 8 heteroatoms. The van der Waals surface area contributed by atoms with Crippen LogP contribution in [0.3, 0.4) is 0 Å². The van der Waals surface area contributed by atoms with Crippen LogP contribution in [0.4, 0.5) is 0 Å². The van der Waals surface area contributed by atoms with Gasteiger partial charge in [0.05, 0.1) is 0 Å². The molecule has 0 aliphatic heterocycles. The second-order valence-electron chi connectivity index (χ2n) is 5.49. The summed E-state index contributed by atoms with van der Waals surface area (Å²) in [6, 6.07) is 14.3. The average molecular weight is 485 g/mol. The Kier molecular flexibility index (Phi) is 6.22. The fraction of sp³-hybridized carbons (Fsp3) is 0. The van der Waals surface area contributed by atoms with E-state index in [1.54, 1.807) is 54.6 Å². The first kappa shape index (κ1) is 20.4. The molecule has 0 aliphatic rings. The molecule has 3 aromatic rings. The van der Waals surface area contributed by atoms with Crippen molar-refractivity contribution >= 4 is 92.7 Å². The van der Waals surface area contributed by atoms with E-state index in [1.807, 2.05) is 0 Å². The number of hydrogen-bond acceptors (Lipinski definition) is 1. The highest BCUT2D eigenvalue weighted by Crippen LogP contribution is 2.45. The predicted molar refractivity (Wildman–Crippen MR) is 116 cm³/mol. The minimum absolute atomic E-state index is 0.356. The van der Waals surface area contributed by atoms with Crippen molar-refractivity contribution in [2.75, 3.05) is 0 Å². The summed E-state index contributed by atoms with van der Waals surface area (Å²) in [5.74, 6) is 0. The van der Waals surface area contributed by atoms with E-state index < -0.39 is 7.14 Å². The molecule has 0 unspecified atom stereocenters. The second-order valence-corrected chi connectivity index (χ2v) is 10.9. The summed E-state index contributed by atoms with van der Waals surface area (Å²) >= 11 is 36.9. The predicted octanol–water partition coefficient (Wildman–Crippen LogP) is 7.25. The highest BCUT2D eigenvalue weighted by Gasteiger charge is 2.32. The summed E-state index contributed by atoms with van der Waals surface area (Å²) in [6.45, 7) is 0. The SMILES string of the molecule is O=P(c1cc(Cl)cc(Cl)c1)(c1cc(Cl)cc(Cl)c1)c1cc(Cl)cc(Cl)c1. The molecule has 0 bridgehead atoms. The quantitative estimate of drug-likeness (QED) is 0.358. The molecule has 0 heterocycles. The molecular formula is C18H9Cl6OP. The third kappa shape index (κ3) is 4.21. The van der Waals surface area contributed by atoms with Crippen molar-refractivity contribution in [1.29, 1.82) is 0 Å². The fourth-order valence-electron chi connectivity index (χ4n) is 2.61. The van der Waals surface area contributed by atoms with Crippen molar-refractivity contribution in [3.8, 4) is 0 Å². The first-order valence-corrected chi connectivity index (χ1v) is 11.2. The zero-order chi connectivity index (χ0) is 19.1. The largest absolute Gasteiger partial charge is 0.309 e. The summed E-state index contributed by atoms with van der Waals surface area (Å²) < 4.78 is 14.4. The van der Waals surface area contributed by atoms with Gasteiger partial charge in [0, 0.05) is 46.0 Å². The molecule has 0 fully saturated rings. The molecule has 134 valence electrons. The van der Waals surface area contributed by atoms with Crippen molar-refractivity contribution < 1.29 is 4.57 Å². The molecule has 3 aromatic carbocycles. The van der Waals surface area contributed by atoms with Gasteiger partial charge in [-0.3, -0.25) is 0 Å². The Morgan fingerprint density at radius 2 is 0.615 bits per heavy atom. The molecule has 0 atom stereocenters. The second kappa shape index (κ2) is 7.94. The maximum absolute atomic E-state index is 14.4. The smallest absolute Gasteiger partial charge is 0.171 e. The van der Waals surface area contributed by atoms with Crippen molar-refractivity contribution in [1.82, 2.24) is 0 Å². The maximum Gasteiger partial charge on any atom is 0.171 e.